The van der Waals surface area contributed by atoms with Crippen molar-refractivity contribution in [1.29, 1.82) is 0 Å². The first kappa shape index (κ1) is 20.5. The number of hydrogen-bond acceptors (Lipinski definition) is 4. The zero-order valence-corrected chi connectivity index (χ0v) is 17.5. The van der Waals surface area contributed by atoms with Gasteiger partial charge in [0.05, 0.1) is 5.69 Å². The Morgan fingerprint density at radius 1 is 1.10 bits per heavy atom. The van der Waals surface area contributed by atoms with Crippen molar-refractivity contribution in [1.82, 2.24) is 15.5 Å². The van der Waals surface area contributed by atoms with Crippen molar-refractivity contribution < 1.29 is 9.53 Å². The molecule has 0 unspecified atom stereocenters. The van der Waals surface area contributed by atoms with Gasteiger partial charge in [0.15, 0.2) is 11.7 Å². The fraction of sp³-hybridized carbons (Fsp3) is 0.227. The van der Waals surface area contributed by atoms with Crippen LogP contribution < -0.4 is 15.4 Å². The third-order valence-corrected chi connectivity index (χ3v) is 4.78. The third-order valence-electron chi connectivity index (χ3n) is 4.58. The van der Waals surface area contributed by atoms with Gasteiger partial charge in [-0.05, 0) is 62.3 Å². The minimum atomic E-state index is -0.312. The van der Waals surface area contributed by atoms with Crippen LogP contribution in [0.5, 0.6) is 5.75 Å². The monoisotopic (exact) mass is 408 g/mol. The first-order valence-corrected chi connectivity index (χ1v) is 9.72. The highest BCUT2D eigenvalue weighted by atomic mass is 32.1. The van der Waals surface area contributed by atoms with E-state index in [1.165, 1.54) is 11.1 Å². The molecule has 2 aromatic carbocycles. The second-order valence-electron chi connectivity index (χ2n) is 6.84. The summed E-state index contributed by atoms with van der Waals surface area (Å²) in [5.74, 6) is 0.369. The highest BCUT2D eigenvalue weighted by molar-refractivity contribution is 7.80. The Balaban J connectivity index is 1.49. The van der Waals surface area contributed by atoms with Crippen LogP contribution in [-0.4, -0.2) is 27.8 Å². The number of benzene rings is 2. The molecule has 0 bridgehead atoms. The van der Waals surface area contributed by atoms with E-state index in [0.29, 0.717) is 5.75 Å². The quantitative estimate of drug-likeness (QED) is 0.541. The Morgan fingerprint density at radius 2 is 1.83 bits per heavy atom. The van der Waals surface area contributed by atoms with E-state index in [4.69, 9.17) is 17.0 Å². The summed E-state index contributed by atoms with van der Waals surface area (Å²) in [4.78, 5) is 12.1. The van der Waals surface area contributed by atoms with E-state index < -0.39 is 0 Å². The average molecular weight is 409 g/mol. The second-order valence-corrected chi connectivity index (χ2v) is 7.25. The van der Waals surface area contributed by atoms with Gasteiger partial charge in [0.25, 0.3) is 5.91 Å². The summed E-state index contributed by atoms with van der Waals surface area (Å²) in [6.45, 7) is 5.85. The molecule has 0 fully saturated rings. The second kappa shape index (κ2) is 9.34. The van der Waals surface area contributed by atoms with Gasteiger partial charge in [-0.25, -0.2) is 0 Å². The van der Waals surface area contributed by atoms with Crippen LogP contribution >= 0.6 is 12.2 Å². The number of para-hydroxylation sites is 1. The fourth-order valence-corrected chi connectivity index (χ4v) is 3.16. The lowest BCUT2D eigenvalue weighted by Gasteiger charge is -2.12. The average Bonchev–Trinajstić information content (AvgIpc) is 3.01. The van der Waals surface area contributed by atoms with Gasteiger partial charge in [-0.3, -0.25) is 15.2 Å². The molecule has 29 heavy (non-hydrogen) atoms. The molecule has 1 amide bonds. The molecule has 3 N–H and O–H groups in total. The van der Waals surface area contributed by atoms with Crippen LogP contribution in [0.2, 0.25) is 0 Å². The molecule has 0 saturated heterocycles. The zero-order chi connectivity index (χ0) is 20.8. The number of amides is 1. The van der Waals surface area contributed by atoms with Crippen LogP contribution in [0.4, 0.5) is 5.69 Å². The first-order chi connectivity index (χ1) is 13.9. The number of aromatic amines is 1. The van der Waals surface area contributed by atoms with E-state index in [9.17, 15) is 4.79 Å². The lowest BCUT2D eigenvalue weighted by atomic mass is 10.0. The van der Waals surface area contributed by atoms with Crippen LogP contribution in [-0.2, 0) is 11.2 Å². The van der Waals surface area contributed by atoms with Crippen molar-refractivity contribution in [3.05, 3.63) is 76.6 Å². The van der Waals surface area contributed by atoms with Crippen molar-refractivity contribution in [2.75, 3.05) is 11.9 Å². The number of anilines is 1. The van der Waals surface area contributed by atoms with Crippen molar-refractivity contribution in [2.45, 2.75) is 27.2 Å². The van der Waals surface area contributed by atoms with Crippen LogP contribution in [0.1, 0.15) is 28.1 Å². The van der Waals surface area contributed by atoms with Crippen LogP contribution in [0.3, 0.4) is 0 Å². The standard InChI is InChI=1S/C22H24N4O2S/c1-14-6-4-5-7-20(14)28-13-21(27)24-22(29)23-18-10-8-17(9-11-18)12-19-15(2)25-26-16(19)3/h4-11H,12-13H2,1-3H3,(H,25,26)(H2,23,24,27,29). The summed E-state index contributed by atoms with van der Waals surface area (Å²) in [6, 6.07) is 15.5. The Hall–Kier alpha value is -3.19. The minimum Gasteiger partial charge on any atom is -0.483 e. The molecule has 7 heteroatoms. The Morgan fingerprint density at radius 3 is 2.48 bits per heavy atom. The number of aryl methyl sites for hydroxylation is 3. The lowest BCUT2D eigenvalue weighted by molar-refractivity contribution is -0.121. The maximum Gasteiger partial charge on any atom is 0.264 e. The molecule has 0 radical (unpaired) electrons. The van der Waals surface area contributed by atoms with E-state index in [0.717, 1.165) is 29.1 Å². The molecule has 6 nitrogen and oxygen atoms in total. The van der Waals surface area contributed by atoms with Gasteiger partial charge in [-0.2, -0.15) is 5.10 Å². The number of H-pyrrole nitrogens is 1. The van der Waals surface area contributed by atoms with E-state index >= 15 is 0 Å². The van der Waals surface area contributed by atoms with Crippen molar-refractivity contribution in [3.63, 3.8) is 0 Å². The maximum absolute atomic E-state index is 12.1. The Labute approximate surface area is 175 Å². The fourth-order valence-electron chi connectivity index (χ4n) is 2.93. The summed E-state index contributed by atoms with van der Waals surface area (Å²) < 4.78 is 5.53. The Kier molecular flexibility index (Phi) is 6.61. The van der Waals surface area contributed by atoms with E-state index in [1.807, 2.05) is 69.3 Å². The summed E-state index contributed by atoms with van der Waals surface area (Å²) in [6.07, 6.45) is 0.811. The number of hydrogen-bond donors (Lipinski definition) is 3. The third kappa shape index (κ3) is 5.65. The molecule has 1 aromatic heterocycles. The summed E-state index contributed by atoms with van der Waals surface area (Å²) in [5.41, 5.74) is 6.26. The topological polar surface area (TPSA) is 79.0 Å². The predicted octanol–water partition coefficient (Wildman–Crippen LogP) is 3.82. The summed E-state index contributed by atoms with van der Waals surface area (Å²) >= 11 is 5.22. The highest BCUT2D eigenvalue weighted by Crippen LogP contribution is 2.18. The molecule has 150 valence electrons. The smallest absolute Gasteiger partial charge is 0.264 e. The van der Waals surface area contributed by atoms with Gasteiger partial charge < -0.3 is 10.1 Å². The molecule has 0 aliphatic rings. The number of carbonyl (C=O) groups is 1. The van der Waals surface area contributed by atoms with Crippen LogP contribution in [0, 0.1) is 20.8 Å². The van der Waals surface area contributed by atoms with Gasteiger partial charge in [-0.15, -0.1) is 0 Å². The van der Waals surface area contributed by atoms with Gasteiger partial charge in [0.2, 0.25) is 0 Å². The van der Waals surface area contributed by atoms with Crippen molar-refractivity contribution in [2.24, 2.45) is 0 Å². The highest BCUT2D eigenvalue weighted by Gasteiger charge is 2.09. The molecule has 0 atom stereocenters. The minimum absolute atomic E-state index is 0.102. The predicted molar refractivity (Wildman–Crippen MR) is 118 cm³/mol. The van der Waals surface area contributed by atoms with Crippen molar-refractivity contribution >= 4 is 28.9 Å². The number of thiocarbonyl (C=S) groups is 1. The number of rotatable bonds is 6. The number of nitrogens with zero attached hydrogens (tertiary/aromatic N) is 1. The van der Waals surface area contributed by atoms with Crippen LogP contribution in [0.25, 0.3) is 0 Å². The lowest BCUT2D eigenvalue weighted by Crippen LogP contribution is -2.37. The summed E-state index contributed by atoms with van der Waals surface area (Å²) in [5, 5.41) is 13.1. The largest absolute Gasteiger partial charge is 0.483 e. The molecule has 3 rings (SSSR count). The van der Waals surface area contributed by atoms with Gasteiger partial charge in [-0.1, -0.05) is 30.3 Å². The molecule has 1 heterocycles. The van der Waals surface area contributed by atoms with Gasteiger partial charge in [0.1, 0.15) is 5.75 Å². The molecular formula is C22H24N4O2S. The SMILES string of the molecule is Cc1ccccc1OCC(=O)NC(=S)Nc1ccc(Cc2c(C)n[nH]c2C)cc1. The molecular weight excluding hydrogens is 384 g/mol. The van der Waals surface area contributed by atoms with Crippen LogP contribution in [0.15, 0.2) is 48.5 Å². The van der Waals surface area contributed by atoms with Gasteiger partial charge in [0, 0.05) is 23.4 Å². The van der Waals surface area contributed by atoms with E-state index in [1.54, 1.807) is 0 Å². The van der Waals surface area contributed by atoms with Gasteiger partial charge >= 0.3 is 0 Å². The Bertz CT molecular complexity index is 992. The maximum atomic E-state index is 12.1. The number of aromatic nitrogens is 2. The van der Waals surface area contributed by atoms with E-state index in [-0.39, 0.29) is 17.6 Å². The number of carbonyl (C=O) groups excluding carboxylic acids is 1. The molecule has 0 saturated carbocycles. The summed E-state index contributed by atoms with van der Waals surface area (Å²) in [7, 11) is 0. The zero-order valence-electron chi connectivity index (χ0n) is 16.7. The molecule has 0 aliphatic heterocycles. The molecule has 0 aliphatic carbocycles. The van der Waals surface area contributed by atoms with E-state index in [2.05, 4.69) is 20.8 Å². The molecule has 0 spiro atoms. The van der Waals surface area contributed by atoms with Crippen molar-refractivity contribution in [3.8, 4) is 5.75 Å². The normalized spacial score (nSPS) is 10.4. The number of ether oxygens (including phenoxy) is 1. The number of nitrogens with one attached hydrogen (secondary N) is 3. The first-order valence-electron chi connectivity index (χ1n) is 9.31. The molecule has 3 aromatic rings.